The zero-order valence-electron chi connectivity index (χ0n) is 17.6. The summed E-state index contributed by atoms with van der Waals surface area (Å²) in [5, 5.41) is 3.14. The number of nitrogen functional groups attached to an aromatic ring is 1. The van der Waals surface area contributed by atoms with Crippen LogP contribution in [0, 0.1) is 0 Å². The first kappa shape index (κ1) is 22.0. The van der Waals surface area contributed by atoms with Crippen LogP contribution in [0.2, 0.25) is 0 Å². The zero-order chi connectivity index (χ0) is 23.6. The number of imidazole rings is 1. The predicted molar refractivity (Wildman–Crippen MR) is 115 cm³/mol. The first-order valence-electron chi connectivity index (χ1n) is 9.67. The fourth-order valence-corrected chi connectivity index (χ4v) is 3.13. The van der Waals surface area contributed by atoms with Gasteiger partial charge in [0.1, 0.15) is 12.2 Å². The maximum atomic E-state index is 12.9. The summed E-state index contributed by atoms with van der Waals surface area (Å²) < 4.78 is 45.3. The highest BCUT2D eigenvalue weighted by molar-refractivity contribution is 5.67. The summed E-state index contributed by atoms with van der Waals surface area (Å²) in [6, 6.07) is 6.99. The van der Waals surface area contributed by atoms with Gasteiger partial charge in [-0.05, 0) is 5.56 Å². The number of nitrogens with zero attached hydrogens (tertiary/aromatic N) is 6. The van der Waals surface area contributed by atoms with Gasteiger partial charge in [0.2, 0.25) is 5.88 Å². The molecule has 33 heavy (non-hydrogen) atoms. The average molecular weight is 456 g/mol. The Morgan fingerprint density at radius 2 is 1.85 bits per heavy atom. The van der Waals surface area contributed by atoms with E-state index in [1.807, 2.05) is 0 Å². The van der Waals surface area contributed by atoms with E-state index >= 15 is 0 Å². The Bertz CT molecular complexity index is 1270. The van der Waals surface area contributed by atoms with E-state index in [1.165, 1.54) is 31.2 Å². The van der Waals surface area contributed by atoms with Crippen molar-refractivity contribution in [2.45, 2.75) is 12.7 Å². The minimum Gasteiger partial charge on any atom is -0.480 e. The van der Waals surface area contributed by atoms with Crippen molar-refractivity contribution in [2.75, 3.05) is 18.2 Å². The number of nitrogens with one attached hydrogen (secondary N) is 1. The van der Waals surface area contributed by atoms with Crippen LogP contribution >= 0.6 is 0 Å². The van der Waals surface area contributed by atoms with Gasteiger partial charge in [-0.25, -0.2) is 24.9 Å². The van der Waals surface area contributed by atoms with Gasteiger partial charge in [-0.2, -0.15) is 13.2 Å². The Balaban J connectivity index is 1.51. The zero-order valence-corrected chi connectivity index (χ0v) is 17.6. The number of nitrogens with two attached hydrogens (primary N) is 1. The molecule has 0 fully saturated rings. The van der Waals surface area contributed by atoms with E-state index in [0.717, 1.165) is 11.8 Å². The maximum Gasteiger partial charge on any atom is 0.434 e. The standard InChI is InChI=1S/C21H19F3N8O/c1-32-10-16(21(22,23)24)30-19(32)13-5-3-12(4-6-13)7-27-18-15(25)9-28-17(31-18)14-8-26-11-29-20(14)33-2/h3-6,8-11H,7,25H2,1-2H3,(H,27,28,31). The number of benzene rings is 1. The molecule has 1 aromatic carbocycles. The van der Waals surface area contributed by atoms with Crippen LogP contribution in [0.3, 0.4) is 0 Å². The third kappa shape index (κ3) is 4.68. The summed E-state index contributed by atoms with van der Waals surface area (Å²) in [4.78, 5) is 20.4. The lowest BCUT2D eigenvalue weighted by Crippen LogP contribution is -2.07. The first-order valence-corrected chi connectivity index (χ1v) is 9.67. The molecule has 0 saturated carbocycles. The van der Waals surface area contributed by atoms with Crippen LogP contribution in [0.1, 0.15) is 11.3 Å². The van der Waals surface area contributed by atoms with Gasteiger partial charge in [0.05, 0.1) is 24.6 Å². The Hall–Kier alpha value is -4.22. The Morgan fingerprint density at radius 1 is 1.09 bits per heavy atom. The van der Waals surface area contributed by atoms with Crippen molar-refractivity contribution in [3.8, 4) is 28.7 Å². The molecule has 3 heterocycles. The van der Waals surface area contributed by atoms with Gasteiger partial charge in [-0.3, -0.25) is 0 Å². The molecule has 170 valence electrons. The second-order valence-electron chi connectivity index (χ2n) is 7.05. The van der Waals surface area contributed by atoms with Gasteiger partial charge in [0.15, 0.2) is 17.3 Å². The van der Waals surface area contributed by atoms with Crippen LogP contribution in [0.5, 0.6) is 5.88 Å². The number of rotatable bonds is 6. The van der Waals surface area contributed by atoms with Crippen LogP contribution < -0.4 is 15.8 Å². The van der Waals surface area contributed by atoms with Crippen molar-refractivity contribution >= 4 is 11.5 Å². The normalized spacial score (nSPS) is 11.4. The SMILES string of the molecule is COc1ncncc1-c1ncc(N)c(NCc2ccc(-c3nc(C(F)(F)F)cn3C)cc2)n1. The van der Waals surface area contributed by atoms with Crippen LogP contribution in [0.25, 0.3) is 22.8 Å². The van der Waals surface area contributed by atoms with Gasteiger partial charge in [-0.15, -0.1) is 0 Å². The molecule has 0 saturated heterocycles. The lowest BCUT2D eigenvalue weighted by Gasteiger charge is -2.11. The van der Waals surface area contributed by atoms with E-state index in [0.29, 0.717) is 40.9 Å². The quantitative estimate of drug-likeness (QED) is 0.452. The van der Waals surface area contributed by atoms with Gasteiger partial charge in [-0.1, -0.05) is 24.3 Å². The van der Waals surface area contributed by atoms with E-state index in [-0.39, 0.29) is 5.82 Å². The topological polar surface area (TPSA) is 117 Å². The molecule has 0 aliphatic carbocycles. The number of hydrogen-bond acceptors (Lipinski definition) is 8. The lowest BCUT2D eigenvalue weighted by atomic mass is 10.1. The Kier molecular flexibility index (Phi) is 5.82. The molecule has 0 aliphatic rings. The van der Waals surface area contributed by atoms with Crippen molar-refractivity contribution in [3.05, 3.63) is 60.4 Å². The molecule has 9 nitrogen and oxygen atoms in total. The van der Waals surface area contributed by atoms with Gasteiger partial charge in [0, 0.05) is 31.5 Å². The molecule has 0 atom stereocenters. The molecule has 0 spiro atoms. The van der Waals surface area contributed by atoms with E-state index in [2.05, 4.69) is 30.2 Å². The highest BCUT2D eigenvalue weighted by atomic mass is 19.4. The molecule has 0 unspecified atom stereocenters. The Morgan fingerprint density at radius 3 is 2.52 bits per heavy atom. The fraction of sp³-hybridized carbons (Fsp3) is 0.190. The maximum absolute atomic E-state index is 12.9. The van der Waals surface area contributed by atoms with E-state index in [1.54, 1.807) is 30.5 Å². The molecule has 3 aromatic heterocycles. The monoisotopic (exact) mass is 456 g/mol. The summed E-state index contributed by atoms with van der Waals surface area (Å²) in [7, 11) is 3.01. The number of methoxy groups -OCH3 is 1. The summed E-state index contributed by atoms with van der Waals surface area (Å²) in [5.41, 5.74) is 7.37. The Labute approximate surface area is 186 Å². The minimum absolute atomic E-state index is 0.227. The number of halogens is 3. The molecule has 0 bridgehead atoms. The first-order chi connectivity index (χ1) is 15.8. The van der Waals surface area contributed by atoms with Gasteiger partial charge < -0.3 is 20.4 Å². The van der Waals surface area contributed by atoms with E-state index in [4.69, 9.17) is 10.5 Å². The third-order valence-corrected chi connectivity index (χ3v) is 4.77. The highest BCUT2D eigenvalue weighted by Crippen LogP contribution is 2.31. The van der Waals surface area contributed by atoms with Crippen LogP contribution in [-0.2, 0) is 19.8 Å². The number of anilines is 2. The second kappa shape index (κ2) is 8.73. The van der Waals surface area contributed by atoms with Crippen LogP contribution in [0.4, 0.5) is 24.7 Å². The van der Waals surface area contributed by atoms with E-state index < -0.39 is 11.9 Å². The minimum atomic E-state index is -4.49. The molecule has 3 N–H and O–H groups in total. The number of hydrogen-bond donors (Lipinski definition) is 2. The molecule has 0 amide bonds. The summed E-state index contributed by atoms with van der Waals surface area (Å²) in [6.45, 7) is 0.373. The lowest BCUT2D eigenvalue weighted by molar-refractivity contribution is -0.140. The van der Waals surface area contributed by atoms with Crippen LogP contribution in [0.15, 0.2) is 49.2 Å². The van der Waals surface area contributed by atoms with Crippen molar-refractivity contribution in [2.24, 2.45) is 7.05 Å². The fourth-order valence-electron chi connectivity index (χ4n) is 3.13. The van der Waals surface area contributed by atoms with Crippen molar-refractivity contribution in [1.29, 1.82) is 0 Å². The van der Waals surface area contributed by atoms with Gasteiger partial charge in [0.25, 0.3) is 0 Å². The molecule has 0 aliphatic heterocycles. The summed E-state index contributed by atoms with van der Waals surface area (Å²) in [5.74, 6) is 1.31. The smallest absolute Gasteiger partial charge is 0.434 e. The highest BCUT2D eigenvalue weighted by Gasteiger charge is 2.34. The van der Waals surface area contributed by atoms with Gasteiger partial charge >= 0.3 is 6.18 Å². The molecule has 4 aromatic rings. The molecule has 12 heteroatoms. The largest absolute Gasteiger partial charge is 0.480 e. The molecule has 4 rings (SSSR count). The van der Waals surface area contributed by atoms with Crippen molar-refractivity contribution < 1.29 is 17.9 Å². The molecular formula is C21H19F3N8O. The average Bonchev–Trinajstić information content (AvgIpc) is 3.21. The third-order valence-electron chi connectivity index (χ3n) is 4.77. The number of aromatic nitrogens is 6. The van der Waals surface area contributed by atoms with Crippen molar-refractivity contribution in [1.82, 2.24) is 29.5 Å². The van der Waals surface area contributed by atoms with Crippen molar-refractivity contribution in [3.63, 3.8) is 0 Å². The number of ether oxygens (including phenoxy) is 1. The molecule has 0 radical (unpaired) electrons. The molecular weight excluding hydrogens is 437 g/mol. The van der Waals surface area contributed by atoms with E-state index in [9.17, 15) is 13.2 Å². The number of aryl methyl sites for hydroxylation is 1. The number of alkyl halides is 3. The summed E-state index contributed by atoms with van der Waals surface area (Å²) >= 11 is 0. The predicted octanol–water partition coefficient (Wildman–Crippen LogP) is 3.56. The van der Waals surface area contributed by atoms with Crippen LogP contribution in [-0.4, -0.2) is 36.6 Å². The summed E-state index contributed by atoms with van der Waals surface area (Å²) in [6.07, 6.45) is 0.845. The second-order valence-corrected chi connectivity index (χ2v) is 7.05.